The molecule has 7 heteroatoms. The van der Waals surface area contributed by atoms with Crippen LogP contribution in [0.15, 0.2) is 29.1 Å². The first-order chi connectivity index (χ1) is 11.1. The molecule has 0 spiro atoms. The third kappa shape index (κ3) is 2.56. The highest BCUT2D eigenvalue weighted by Crippen LogP contribution is 2.32. The van der Waals surface area contributed by atoms with Crippen LogP contribution in [0.1, 0.15) is 18.4 Å². The number of nitrogens with zero attached hydrogens (tertiary/aromatic N) is 3. The van der Waals surface area contributed by atoms with Crippen molar-refractivity contribution in [3.8, 4) is 5.88 Å². The summed E-state index contributed by atoms with van der Waals surface area (Å²) in [5.74, 6) is -0.331. The Kier molecular flexibility index (Phi) is 3.28. The predicted molar refractivity (Wildman–Crippen MR) is 79.6 cm³/mol. The fraction of sp³-hybridized carbons (Fsp3) is 0.375. The molecule has 120 valence electrons. The molecular weight excluding hydrogens is 304 g/mol. The number of halogens is 2. The van der Waals surface area contributed by atoms with E-state index in [2.05, 4.69) is 9.88 Å². The molecular formula is C16H15F2N3O2. The van der Waals surface area contributed by atoms with Gasteiger partial charge in [0.15, 0.2) is 0 Å². The number of anilines is 1. The summed E-state index contributed by atoms with van der Waals surface area (Å²) in [4.78, 5) is 18.2. The van der Waals surface area contributed by atoms with Gasteiger partial charge >= 0.3 is 5.69 Å². The summed E-state index contributed by atoms with van der Waals surface area (Å²) in [5.41, 5.74) is 0.00118. The minimum absolute atomic E-state index is 0.0476. The minimum Gasteiger partial charge on any atom is -0.473 e. The third-order valence-corrected chi connectivity index (χ3v) is 4.34. The fourth-order valence-corrected chi connectivity index (χ4v) is 3.35. The largest absolute Gasteiger partial charge is 0.473 e. The highest BCUT2D eigenvalue weighted by atomic mass is 19.1. The van der Waals surface area contributed by atoms with E-state index in [1.807, 2.05) is 0 Å². The Morgan fingerprint density at radius 2 is 2.00 bits per heavy atom. The molecule has 0 N–H and O–H groups in total. The van der Waals surface area contributed by atoms with Gasteiger partial charge in [-0.15, -0.1) is 0 Å². The lowest BCUT2D eigenvalue weighted by Gasteiger charge is -2.17. The molecule has 2 aromatic rings. The van der Waals surface area contributed by atoms with E-state index >= 15 is 0 Å². The molecule has 1 saturated heterocycles. The highest BCUT2D eigenvalue weighted by Gasteiger charge is 2.34. The first kappa shape index (κ1) is 14.2. The summed E-state index contributed by atoms with van der Waals surface area (Å²) in [6.45, 7) is 1.53. The maximum absolute atomic E-state index is 13.2. The van der Waals surface area contributed by atoms with E-state index in [1.54, 1.807) is 10.6 Å². The molecule has 0 amide bonds. The Labute approximate surface area is 131 Å². The molecule has 0 aliphatic carbocycles. The molecule has 1 atom stereocenters. The van der Waals surface area contributed by atoms with Crippen LogP contribution >= 0.6 is 0 Å². The van der Waals surface area contributed by atoms with E-state index in [4.69, 9.17) is 4.74 Å². The van der Waals surface area contributed by atoms with E-state index < -0.39 is 11.6 Å². The summed E-state index contributed by atoms with van der Waals surface area (Å²) in [5, 5.41) is 0. The average Bonchev–Trinajstić information content (AvgIpc) is 3.06. The molecule has 2 aliphatic heterocycles. The molecule has 1 fully saturated rings. The summed E-state index contributed by atoms with van der Waals surface area (Å²) in [6, 6.07) is 5.27. The normalized spacial score (nSPS) is 18.9. The van der Waals surface area contributed by atoms with Gasteiger partial charge in [0.1, 0.15) is 24.1 Å². The molecule has 0 bridgehead atoms. The van der Waals surface area contributed by atoms with Gasteiger partial charge in [-0.05, 0) is 30.5 Å². The van der Waals surface area contributed by atoms with Crippen molar-refractivity contribution < 1.29 is 13.5 Å². The molecule has 1 aromatic heterocycles. The van der Waals surface area contributed by atoms with Crippen LogP contribution in [-0.2, 0) is 13.2 Å². The van der Waals surface area contributed by atoms with Crippen molar-refractivity contribution >= 4 is 5.82 Å². The van der Waals surface area contributed by atoms with Gasteiger partial charge in [-0.25, -0.2) is 13.6 Å². The van der Waals surface area contributed by atoms with Crippen molar-refractivity contribution in [2.24, 2.45) is 0 Å². The molecule has 3 heterocycles. The van der Waals surface area contributed by atoms with Crippen LogP contribution < -0.4 is 15.3 Å². The van der Waals surface area contributed by atoms with Crippen molar-refractivity contribution in [1.29, 1.82) is 0 Å². The summed E-state index contributed by atoms with van der Waals surface area (Å²) in [7, 11) is 0. The summed E-state index contributed by atoms with van der Waals surface area (Å²) < 4.78 is 33.5. The molecule has 2 aliphatic rings. The summed E-state index contributed by atoms with van der Waals surface area (Å²) in [6.07, 6.45) is 2.18. The summed E-state index contributed by atoms with van der Waals surface area (Å²) >= 11 is 0. The smallest absolute Gasteiger partial charge is 0.352 e. The minimum atomic E-state index is -0.662. The quantitative estimate of drug-likeness (QED) is 0.869. The number of aromatic nitrogens is 2. The van der Waals surface area contributed by atoms with Crippen LogP contribution in [0.5, 0.6) is 5.88 Å². The van der Waals surface area contributed by atoms with E-state index in [0.717, 1.165) is 31.3 Å². The topological polar surface area (TPSA) is 47.4 Å². The molecule has 1 aromatic carbocycles. The number of hydrogen-bond acceptors (Lipinski definition) is 4. The van der Waals surface area contributed by atoms with Crippen molar-refractivity contribution in [2.75, 3.05) is 11.4 Å². The van der Waals surface area contributed by atoms with Gasteiger partial charge in [0.05, 0.1) is 0 Å². The predicted octanol–water partition coefficient (Wildman–Crippen LogP) is 2.08. The Hall–Kier alpha value is -2.44. The second-order valence-corrected chi connectivity index (χ2v) is 5.90. The standard InChI is InChI=1S/C16H15F2N3O2/c17-11-4-10(5-12(18)6-11)9-23-14-7-15-20-3-1-2-13(20)8-21(15)16(22)19-14/h4-7,13H,1-3,8-9H2/t13-/m0/s1. The molecule has 0 radical (unpaired) electrons. The number of benzene rings is 1. The molecule has 23 heavy (non-hydrogen) atoms. The lowest BCUT2D eigenvalue weighted by molar-refractivity contribution is 0.290. The average molecular weight is 319 g/mol. The van der Waals surface area contributed by atoms with Crippen LogP contribution in [0.4, 0.5) is 14.6 Å². The number of hydrogen-bond donors (Lipinski definition) is 0. The lowest BCUT2D eigenvalue weighted by Crippen LogP contribution is -2.24. The second kappa shape index (κ2) is 5.33. The molecule has 4 rings (SSSR count). The Morgan fingerprint density at radius 3 is 2.78 bits per heavy atom. The van der Waals surface area contributed by atoms with Crippen LogP contribution in [0.3, 0.4) is 0 Å². The van der Waals surface area contributed by atoms with Crippen molar-refractivity contribution in [3.63, 3.8) is 0 Å². The number of ether oxygens (including phenoxy) is 1. The molecule has 0 saturated carbocycles. The number of fused-ring (bicyclic) bond motifs is 3. The SMILES string of the molecule is O=c1nc(OCc2cc(F)cc(F)c2)cc2n1C[C@@H]1CCCN21. The molecule has 0 unspecified atom stereocenters. The Bertz CT molecular complexity index is 801. The zero-order valence-electron chi connectivity index (χ0n) is 12.3. The molecule has 5 nitrogen and oxygen atoms in total. The third-order valence-electron chi connectivity index (χ3n) is 4.34. The van der Waals surface area contributed by atoms with Gasteiger partial charge in [0, 0.05) is 31.3 Å². The van der Waals surface area contributed by atoms with Gasteiger partial charge in [0.25, 0.3) is 0 Å². The zero-order chi connectivity index (χ0) is 16.0. The van der Waals surface area contributed by atoms with Crippen LogP contribution in [0.2, 0.25) is 0 Å². The van der Waals surface area contributed by atoms with Crippen molar-refractivity contribution in [1.82, 2.24) is 9.55 Å². The van der Waals surface area contributed by atoms with Crippen LogP contribution in [0, 0.1) is 11.6 Å². The Morgan fingerprint density at radius 1 is 1.22 bits per heavy atom. The number of rotatable bonds is 3. The maximum atomic E-state index is 13.2. The van der Waals surface area contributed by atoms with Gasteiger partial charge in [0.2, 0.25) is 5.88 Å². The first-order valence-electron chi connectivity index (χ1n) is 7.56. The maximum Gasteiger partial charge on any atom is 0.352 e. The van der Waals surface area contributed by atoms with Crippen molar-refractivity contribution in [2.45, 2.75) is 32.0 Å². The van der Waals surface area contributed by atoms with E-state index in [-0.39, 0.29) is 18.2 Å². The lowest BCUT2D eigenvalue weighted by atomic mass is 10.2. The highest BCUT2D eigenvalue weighted by molar-refractivity contribution is 5.48. The van der Waals surface area contributed by atoms with E-state index in [0.29, 0.717) is 18.2 Å². The first-order valence-corrected chi connectivity index (χ1v) is 7.56. The van der Waals surface area contributed by atoms with Crippen molar-refractivity contribution in [3.05, 3.63) is 51.9 Å². The second-order valence-electron chi connectivity index (χ2n) is 5.90. The van der Waals surface area contributed by atoms with Crippen LogP contribution in [0.25, 0.3) is 0 Å². The fourth-order valence-electron chi connectivity index (χ4n) is 3.35. The zero-order valence-corrected chi connectivity index (χ0v) is 12.3. The van der Waals surface area contributed by atoms with E-state index in [9.17, 15) is 13.6 Å². The monoisotopic (exact) mass is 319 g/mol. The van der Waals surface area contributed by atoms with E-state index in [1.165, 1.54) is 12.1 Å². The Balaban J connectivity index is 1.57. The van der Waals surface area contributed by atoms with Gasteiger partial charge in [-0.1, -0.05) is 0 Å². The van der Waals surface area contributed by atoms with Gasteiger partial charge in [-0.3, -0.25) is 4.57 Å². The van der Waals surface area contributed by atoms with Crippen LogP contribution in [-0.4, -0.2) is 22.1 Å². The van der Waals surface area contributed by atoms with Gasteiger partial charge in [-0.2, -0.15) is 4.98 Å². The van der Waals surface area contributed by atoms with Gasteiger partial charge < -0.3 is 9.64 Å².